The average Bonchev–Trinajstić information content (AvgIpc) is 2.73. The highest BCUT2D eigenvalue weighted by molar-refractivity contribution is 14.1. The Morgan fingerprint density at radius 1 is 1.03 bits per heavy atom. The maximum Gasteiger partial charge on any atom is 0.259 e. The summed E-state index contributed by atoms with van der Waals surface area (Å²) in [4.78, 5) is 12.0. The van der Waals surface area contributed by atoms with Crippen LogP contribution in [0.4, 0.5) is 5.69 Å². The van der Waals surface area contributed by atoms with Gasteiger partial charge in [0.25, 0.3) is 5.91 Å². The lowest BCUT2D eigenvalue weighted by atomic mass is 10.2. The second-order valence-corrected chi connectivity index (χ2v) is 8.93. The number of amides is 1. The molecular weight excluding hydrogens is 604 g/mol. The number of anilines is 1. The van der Waals surface area contributed by atoms with Crippen LogP contribution in [0, 0.1) is 14.1 Å². The second kappa shape index (κ2) is 11.3. The number of nitrogens with zero attached hydrogens (tertiary/aromatic N) is 1. The average molecular weight is 625 g/mol. The van der Waals surface area contributed by atoms with Crippen molar-refractivity contribution in [2.75, 3.05) is 11.9 Å². The van der Waals surface area contributed by atoms with E-state index >= 15 is 0 Å². The summed E-state index contributed by atoms with van der Waals surface area (Å²) in [5.74, 6) is 0.641. The Hall–Kier alpha value is -2.14. The Morgan fingerprint density at radius 3 is 2.37 bits per heavy atom. The minimum Gasteiger partial charge on any atom is -0.487 e. The molecular formula is C23H21I2N3O2. The first kappa shape index (κ1) is 22.5. The van der Waals surface area contributed by atoms with E-state index in [1.807, 2.05) is 73.7 Å². The Balaban J connectivity index is 1.52. The van der Waals surface area contributed by atoms with Gasteiger partial charge < -0.3 is 10.1 Å². The first-order chi connectivity index (χ1) is 14.5. The third-order valence-corrected chi connectivity index (χ3v) is 5.76. The van der Waals surface area contributed by atoms with Gasteiger partial charge in [0.2, 0.25) is 0 Å². The van der Waals surface area contributed by atoms with Crippen LogP contribution in [0.1, 0.15) is 16.7 Å². The lowest BCUT2D eigenvalue weighted by Gasteiger charge is -2.11. The van der Waals surface area contributed by atoms with E-state index in [1.54, 1.807) is 6.21 Å². The number of ether oxygens (including phenoxy) is 1. The second-order valence-electron chi connectivity index (χ2n) is 6.60. The van der Waals surface area contributed by atoms with Crippen LogP contribution >= 0.6 is 45.2 Å². The number of hydrazone groups is 1. The molecule has 0 saturated heterocycles. The summed E-state index contributed by atoms with van der Waals surface area (Å²) in [7, 11) is 0. The largest absolute Gasteiger partial charge is 0.487 e. The van der Waals surface area contributed by atoms with Crippen LogP contribution in [-0.2, 0) is 11.4 Å². The number of aryl methyl sites for hydroxylation is 1. The first-order valence-corrected chi connectivity index (χ1v) is 11.5. The fourth-order valence-electron chi connectivity index (χ4n) is 2.59. The highest BCUT2D eigenvalue weighted by Crippen LogP contribution is 2.29. The first-order valence-electron chi connectivity index (χ1n) is 9.29. The van der Waals surface area contributed by atoms with Crippen LogP contribution in [0.15, 0.2) is 71.8 Å². The van der Waals surface area contributed by atoms with E-state index in [0.29, 0.717) is 6.61 Å². The smallest absolute Gasteiger partial charge is 0.259 e. The molecule has 0 aliphatic carbocycles. The topological polar surface area (TPSA) is 62.7 Å². The third kappa shape index (κ3) is 6.98. The Bertz CT molecular complexity index is 999. The van der Waals surface area contributed by atoms with Crippen molar-refractivity contribution >= 4 is 63.0 Å². The fourth-order valence-corrected chi connectivity index (χ4v) is 4.72. The van der Waals surface area contributed by atoms with E-state index < -0.39 is 0 Å². The van der Waals surface area contributed by atoms with Crippen molar-refractivity contribution in [2.45, 2.75) is 13.5 Å². The molecule has 0 saturated carbocycles. The molecule has 0 bridgehead atoms. The molecule has 3 aromatic carbocycles. The van der Waals surface area contributed by atoms with Crippen LogP contribution in [0.25, 0.3) is 0 Å². The summed E-state index contributed by atoms with van der Waals surface area (Å²) in [6.45, 7) is 2.70. The quantitative estimate of drug-likeness (QED) is 0.202. The monoisotopic (exact) mass is 625 g/mol. The van der Waals surface area contributed by atoms with Crippen molar-refractivity contribution in [3.05, 3.63) is 90.6 Å². The number of carbonyl (C=O) groups is 1. The van der Waals surface area contributed by atoms with Gasteiger partial charge in [-0.05, 0) is 87.5 Å². The number of rotatable bonds is 8. The van der Waals surface area contributed by atoms with Crippen molar-refractivity contribution in [3.63, 3.8) is 0 Å². The van der Waals surface area contributed by atoms with Crippen LogP contribution < -0.4 is 15.5 Å². The maximum atomic E-state index is 12.0. The van der Waals surface area contributed by atoms with Gasteiger partial charge in [0.1, 0.15) is 12.4 Å². The molecule has 0 radical (unpaired) electrons. The molecule has 0 aromatic heterocycles. The molecule has 30 heavy (non-hydrogen) atoms. The molecule has 5 nitrogen and oxygen atoms in total. The number of hydrogen-bond acceptors (Lipinski definition) is 4. The molecule has 0 atom stereocenters. The zero-order valence-electron chi connectivity index (χ0n) is 16.4. The van der Waals surface area contributed by atoms with Crippen molar-refractivity contribution < 1.29 is 9.53 Å². The standard InChI is InChI=1S/C23H21I2N3O2/c1-16-7-9-19(10-8-16)26-14-22(29)28-27-13-18-11-20(24)23(21(25)12-18)30-15-17-5-3-2-4-6-17/h2-13,26H,14-15H2,1H3,(H,28,29)/b27-13-. The summed E-state index contributed by atoms with van der Waals surface area (Å²) in [5.41, 5.74) is 6.63. The van der Waals surface area contributed by atoms with Crippen molar-refractivity contribution in [1.82, 2.24) is 5.43 Å². The van der Waals surface area contributed by atoms with Gasteiger partial charge in [0.05, 0.1) is 19.9 Å². The maximum absolute atomic E-state index is 12.0. The molecule has 0 unspecified atom stereocenters. The van der Waals surface area contributed by atoms with Crippen LogP contribution in [0.3, 0.4) is 0 Å². The Morgan fingerprint density at radius 2 is 1.70 bits per heavy atom. The van der Waals surface area contributed by atoms with Gasteiger partial charge >= 0.3 is 0 Å². The highest BCUT2D eigenvalue weighted by Gasteiger charge is 2.09. The zero-order valence-corrected chi connectivity index (χ0v) is 20.7. The molecule has 0 spiro atoms. The molecule has 0 aliphatic heterocycles. The molecule has 2 N–H and O–H groups in total. The number of halogens is 2. The van der Waals surface area contributed by atoms with Crippen molar-refractivity contribution in [2.24, 2.45) is 5.10 Å². The number of carbonyl (C=O) groups excluding carboxylic acids is 1. The minimum absolute atomic E-state index is 0.154. The van der Waals surface area contributed by atoms with Gasteiger partial charge in [-0.2, -0.15) is 5.10 Å². The third-order valence-electron chi connectivity index (χ3n) is 4.15. The van der Waals surface area contributed by atoms with E-state index in [1.165, 1.54) is 5.56 Å². The summed E-state index contributed by atoms with van der Waals surface area (Å²) >= 11 is 4.51. The van der Waals surface area contributed by atoms with Crippen molar-refractivity contribution in [1.29, 1.82) is 0 Å². The van der Waals surface area contributed by atoms with Gasteiger partial charge in [0, 0.05) is 5.69 Å². The summed E-state index contributed by atoms with van der Waals surface area (Å²) in [6.07, 6.45) is 1.63. The van der Waals surface area contributed by atoms with Gasteiger partial charge in [-0.15, -0.1) is 0 Å². The van der Waals surface area contributed by atoms with E-state index in [9.17, 15) is 4.79 Å². The molecule has 1 amide bonds. The summed E-state index contributed by atoms with van der Waals surface area (Å²) in [6, 6.07) is 21.9. The molecule has 0 heterocycles. The lowest BCUT2D eigenvalue weighted by molar-refractivity contribution is -0.119. The van der Waals surface area contributed by atoms with E-state index in [0.717, 1.165) is 29.7 Å². The summed E-state index contributed by atoms with van der Waals surface area (Å²) < 4.78 is 7.98. The van der Waals surface area contributed by atoms with Crippen LogP contribution in [0.5, 0.6) is 5.75 Å². The molecule has 7 heteroatoms. The van der Waals surface area contributed by atoms with E-state index in [-0.39, 0.29) is 12.5 Å². The van der Waals surface area contributed by atoms with Gasteiger partial charge in [-0.25, -0.2) is 5.43 Å². The van der Waals surface area contributed by atoms with Crippen LogP contribution in [0.2, 0.25) is 0 Å². The molecule has 3 aromatic rings. The number of nitrogens with one attached hydrogen (secondary N) is 2. The number of benzene rings is 3. The normalized spacial score (nSPS) is 10.8. The number of hydrogen-bond donors (Lipinski definition) is 2. The SMILES string of the molecule is Cc1ccc(NCC(=O)N/N=C\c2cc(I)c(OCc3ccccc3)c(I)c2)cc1. The van der Waals surface area contributed by atoms with Gasteiger partial charge in [-0.3, -0.25) is 4.79 Å². The zero-order chi connectivity index (χ0) is 21.3. The highest BCUT2D eigenvalue weighted by atomic mass is 127. The van der Waals surface area contributed by atoms with Crippen LogP contribution in [-0.4, -0.2) is 18.7 Å². The fraction of sp³-hybridized carbons (Fsp3) is 0.130. The predicted molar refractivity (Wildman–Crippen MR) is 138 cm³/mol. The Kier molecular flexibility index (Phi) is 8.50. The molecule has 0 fully saturated rings. The van der Waals surface area contributed by atoms with Gasteiger partial charge in [-0.1, -0.05) is 48.0 Å². The summed E-state index contributed by atoms with van der Waals surface area (Å²) in [5, 5.41) is 7.13. The lowest BCUT2D eigenvalue weighted by Crippen LogP contribution is -2.25. The van der Waals surface area contributed by atoms with Gasteiger partial charge in [0.15, 0.2) is 0 Å². The Labute approximate surface area is 203 Å². The molecule has 3 rings (SSSR count). The molecule has 154 valence electrons. The molecule has 0 aliphatic rings. The van der Waals surface area contributed by atoms with E-state index in [2.05, 4.69) is 61.0 Å². The minimum atomic E-state index is -0.209. The predicted octanol–water partition coefficient (Wildman–Crippen LogP) is 5.35. The van der Waals surface area contributed by atoms with Crippen molar-refractivity contribution in [3.8, 4) is 5.75 Å². The van der Waals surface area contributed by atoms with E-state index in [4.69, 9.17) is 4.74 Å².